The fourth-order valence-corrected chi connectivity index (χ4v) is 3.73. The van der Waals surface area contributed by atoms with Gasteiger partial charge in [-0.1, -0.05) is 42.7 Å². The van der Waals surface area contributed by atoms with Gasteiger partial charge in [0.15, 0.2) is 0 Å². The van der Waals surface area contributed by atoms with Crippen LogP contribution in [0.5, 0.6) is 0 Å². The lowest BCUT2D eigenvalue weighted by Crippen LogP contribution is -2.38. The summed E-state index contributed by atoms with van der Waals surface area (Å²) >= 11 is 5.96. The maximum atomic E-state index is 12.6. The van der Waals surface area contributed by atoms with E-state index in [0.29, 0.717) is 42.8 Å². The van der Waals surface area contributed by atoms with E-state index in [2.05, 4.69) is 10.5 Å². The standard InChI is InChI=1S/C22H28ClN3O3/c1-15(2)19-13-20(29-25-19)22(28)26-10-8-16(9-11-26)6-7-21(27)24-14-17-4-3-5-18(23)12-17/h3-5,12-13,15-16H,6-11,14H2,1-2H3,(H,24,27). The number of amides is 2. The van der Waals surface area contributed by atoms with Gasteiger partial charge in [0.1, 0.15) is 0 Å². The third-order valence-corrected chi connectivity index (χ3v) is 5.63. The minimum absolute atomic E-state index is 0.0476. The second-order valence-corrected chi connectivity index (χ2v) is 8.39. The molecule has 0 atom stereocenters. The number of rotatable bonds is 7. The summed E-state index contributed by atoms with van der Waals surface area (Å²) in [5, 5.41) is 7.58. The molecule has 3 rings (SSSR count). The normalized spacial score (nSPS) is 15.0. The van der Waals surface area contributed by atoms with Gasteiger partial charge in [0, 0.05) is 37.1 Å². The monoisotopic (exact) mass is 417 g/mol. The molecule has 1 aliphatic rings. The Hall–Kier alpha value is -2.34. The Morgan fingerprint density at radius 2 is 2.03 bits per heavy atom. The first-order valence-corrected chi connectivity index (χ1v) is 10.6. The highest BCUT2D eigenvalue weighted by Gasteiger charge is 2.26. The molecule has 7 heteroatoms. The van der Waals surface area contributed by atoms with Crippen molar-refractivity contribution in [2.24, 2.45) is 5.92 Å². The van der Waals surface area contributed by atoms with Crippen LogP contribution >= 0.6 is 11.6 Å². The predicted molar refractivity (Wildman–Crippen MR) is 112 cm³/mol. The van der Waals surface area contributed by atoms with E-state index in [9.17, 15) is 9.59 Å². The fraction of sp³-hybridized carbons (Fsp3) is 0.500. The molecule has 0 radical (unpaired) electrons. The molecule has 1 aliphatic heterocycles. The van der Waals surface area contributed by atoms with Crippen LogP contribution in [0.4, 0.5) is 0 Å². The number of benzene rings is 1. The number of nitrogens with one attached hydrogen (secondary N) is 1. The number of hydrogen-bond acceptors (Lipinski definition) is 4. The number of hydrogen-bond donors (Lipinski definition) is 1. The lowest BCUT2D eigenvalue weighted by molar-refractivity contribution is -0.121. The maximum absolute atomic E-state index is 12.6. The van der Waals surface area contributed by atoms with Gasteiger partial charge < -0.3 is 14.7 Å². The lowest BCUT2D eigenvalue weighted by Gasteiger charge is -2.31. The smallest absolute Gasteiger partial charge is 0.292 e. The largest absolute Gasteiger partial charge is 0.352 e. The zero-order valence-corrected chi connectivity index (χ0v) is 17.7. The van der Waals surface area contributed by atoms with Crippen molar-refractivity contribution in [3.05, 3.63) is 52.4 Å². The number of carbonyl (C=O) groups excluding carboxylic acids is 2. The summed E-state index contributed by atoms with van der Waals surface area (Å²) < 4.78 is 5.22. The van der Waals surface area contributed by atoms with Crippen LogP contribution in [0.15, 0.2) is 34.9 Å². The van der Waals surface area contributed by atoms with Gasteiger partial charge in [0.25, 0.3) is 5.91 Å². The topological polar surface area (TPSA) is 75.4 Å². The summed E-state index contributed by atoms with van der Waals surface area (Å²) in [6, 6.07) is 9.23. The van der Waals surface area contributed by atoms with Gasteiger partial charge in [0.05, 0.1) is 5.69 Å². The molecule has 29 heavy (non-hydrogen) atoms. The molecule has 0 unspecified atom stereocenters. The fourth-order valence-electron chi connectivity index (χ4n) is 3.51. The molecule has 0 saturated carbocycles. The Morgan fingerprint density at radius 1 is 1.28 bits per heavy atom. The Kier molecular flexibility index (Phi) is 7.31. The number of likely N-dealkylation sites (tertiary alicyclic amines) is 1. The highest BCUT2D eigenvalue weighted by molar-refractivity contribution is 6.30. The average molecular weight is 418 g/mol. The van der Waals surface area contributed by atoms with Crippen molar-refractivity contribution in [2.75, 3.05) is 13.1 Å². The van der Waals surface area contributed by atoms with Gasteiger partial charge in [-0.3, -0.25) is 9.59 Å². The van der Waals surface area contributed by atoms with Crippen molar-refractivity contribution in [2.45, 2.75) is 52.0 Å². The molecule has 1 aromatic carbocycles. The molecule has 1 fully saturated rings. The SMILES string of the molecule is CC(C)c1cc(C(=O)N2CCC(CCC(=O)NCc3cccc(Cl)c3)CC2)on1. The summed E-state index contributed by atoms with van der Waals surface area (Å²) in [7, 11) is 0. The van der Waals surface area contributed by atoms with Gasteiger partial charge >= 0.3 is 0 Å². The van der Waals surface area contributed by atoms with E-state index in [1.165, 1.54) is 0 Å². The minimum Gasteiger partial charge on any atom is -0.352 e. The Balaban J connectivity index is 1.38. The van der Waals surface area contributed by atoms with Crippen molar-refractivity contribution in [3.8, 4) is 0 Å². The number of piperidine rings is 1. The summed E-state index contributed by atoms with van der Waals surface area (Å²) in [6.07, 6.45) is 3.14. The van der Waals surface area contributed by atoms with E-state index >= 15 is 0 Å². The maximum Gasteiger partial charge on any atom is 0.292 e. The summed E-state index contributed by atoms with van der Waals surface area (Å²) in [6.45, 7) is 5.89. The van der Waals surface area contributed by atoms with E-state index in [1.807, 2.05) is 43.0 Å². The Labute approximate surface area is 176 Å². The molecule has 0 spiro atoms. The quantitative estimate of drug-likeness (QED) is 0.724. The van der Waals surface area contributed by atoms with Crippen molar-refractivity contribution in [1.82, 2.24) is 15.4 Å². The predicted octanol–water partition coefficient (Wildman–Crippen LogP) is 4.40. The third-order valence-electron chi connectivity index (χ3n) is 5.39. The lowest BCUT2D eigenvalue weighted by atomic mass is 9.92. The van der Waals surface area contributed by atoms with Crippen LogP contribution in [0.1, 0.15) is 67.3 Å². The van der Waals surface area contributed by atoms with Gasteiger partial charge in [0.2, 0.25) is 11.7 Å². The van der Waals surface area contributed by atoms with Crippen LogP contribution in [0, 0.1) is 5.92 Å². The molecule has 2 heterocycles. The van der Waals surface area contributed by atoms with Crippen molar-refractivity contribution in [3.63, 3.8) is 0 Å². The first kappa shape index (κ1) is 21.4. The first-order chi connectivity index (χ1) is 13.9. The number of nitrogens with zero attached hydrogens (tertiary/aromatic N) is 2. The first-order valence-electron chi connectivity index (χ1n) is 10.2. The second-order valence-electron chi connectivity index (χ2n) is 7.95. The zero-order chi connectivity index (χ0) is 20.8. The molecule has 2 amide bonds. The van der Waals surface area contributed by atoms with Crippen molar-refractivity contribution >= 4 is 23.4 Å². The van der Waals surface area contributed by atoms with Crippen LogP contribution < -0.4 is 5.32 Å². The highest BCUT2D eigenvalue weighted by atomic mass is 35.5. The molecular formula is C22H28ClN3O3. The third kappa shape index (κ3) is 6.07. The van der Waals surface area contributed by atoms with Crippen LogP contribution in [-0.4, -0.2) is 35.0 Å². The number of halogens is 1. The summed E-state index contributed by atoms with van der Waals surface area (Å²) in [4.78, 5) is 26.5. The average Bonchev–Trinajstić information content (AvgIpc) is 3.21. The molecule has 156 valence electrons. The van der Waals surface area contributed by atoms with E-state index in [4.69, 9.17) is 16.1 Å². The van der Waals surface area contributed by atoms with Gasteiger partial charge in [-0.2, -0.15) is 0 Å². The molecule has 6 nitrogen and oxygen atoms in total. The number of aromatic nitrogens is 1. The van der Waals surface area contributed by atoms with Crippen molar-refractivity contribution in [1.29, 1.82) is 0 Å². The Bertz CT molecular complexity index is 841. The van der Waals surface area contributed by atoms with Gasteiger partial charge in [-0.25, -0.2) is 0 Å². The molecule has 0 bridgehead atoms. The van der Waals surface area contributed by atoms with Crippen LogP contribution in [0.25, 0.3) is 0 Å². The molecule has 2 aromatic rings. The van der Waals surface area contributed by atoms with E-state index in [1.54, 1.807) is 6.07 Å². The van der Waals surface area contributed by atoms with Gasteiger partial charge in [-0.05, 0) is 48.8 Å². The molecular weight excluding hydrogens is 390 g/mol. The highest BCUT2D eigenvalue weighted by Crippen LogP contribution is 2.24. The number of carbonyl (C=O) groups is 2. The van der Waals surface area contributed by atoms with Crippen LogP contribution in [0.3, 0.4) is 0 Å². The van der Waals surface area contributed by atoms with Gasteiger partial charge in [-0.15, -0.1) is 0 Å². The summed E-state index contributed by atoms with van der Waals surface area (Å²) in [5.41, 5.74) is 1.79. The van der Waals surface area contributed by atoms with Crippen LogP contribution in [0.2, 0.25) is 5.02 Å². The molecule has 0 aliphatic carbocycles. The second kappa shape index (κ2) is 9.92. The Morgan fingerprint density at radius 3 is 2.69 bits per heavy atom. The summed E-state index contributed by atoms with van der Waals surface area (Å²) in [5.74, 6) is 0.953. The molecule has 1 aromatic heterocycles. The minimum atomic E-state index is -0.0953. The van der Waals surface area contributed by atoms with Crippen molar-refractivity contribution < 1.29 is 14.1 Å². The van der Waals surface area contributed by atoms with E-state index in [0.717, 1.165) is 30.5 Å². The van der Waals surface area contributed by atoms with E-state index < -0.39 is 0 Å². The van der Waals surface area contributed by atoms with E-state index in [-0.39, 0.29) is 17.7 Å². The molecule has 1 N–H and O–H groups in total. The van der Waals surface area contributed by atoms with Crippen LogP contribution in [-0.2, 0) is 11.3 Å². The zero-order valence-electron chi connectivity index (χ0n) is 17.0. The molecule has 1 saturated heterocycles.